The van der Waals surface area contributed by atoms with Crippen LogP contribution >= 0.6 is 11.6 Å². The standard InChI is InChI=1S/C32H38ClN3O5S/c1-4-28(32(38)34-26-13-8-9-14-26)35(21-24-12-10-11-23(2)19-24)31(37)22-36(29-20-25(33)17-18-30(29)41-3)42(39,40)27-15-6-5-7-16-27/h5-7,10-12,15-20,26,28H,4,8-9,13-14,21-22H2,1-3H3,(H,34,38). The second-order valence-corrected chi connectivity index (χ2v) is 12.9. The maximum atomic E-state index is 14.3. The third kappa shape index (κ3) is 7.44. The van der Waals surface area contributed by atoms with Crippen LogP contribution < -0.4 is 14.4 Å². The van der Waals surface area contributed by atoms with E-state index in [0.717, 1.165) is 41.1 Å². The number of carbonyl (C=O) groups excluding carboxylic acids is 2. The molecule has 0 saturated heterocycles. The molecule has 0 spiro atoms. The average Bonchev–Trinajstić information content (AvgIpc) is 3.49. The van der Waals surface area contributed by atoms with E-state index in [1.165, 1.54) is 30.2 Å². The molecule has 0 heterocycles. The molecule has 42 heavy (non-hydrogen) atoms. The van der Waals surface area contributed by atoms with Crippen molar-refractivity contribution in [3.05, 3.63) is 88.9 Å². The lowest BCUT2D eigenvalue weighted by atomic mass is 10.1. The van der Waals surface area contributed by atoms with Crippen molar-refractivity contribution in [1.82, 2.24) is 10.2 Å². The number of hydrogen-bond acceptors (Lipinski definition) is 5. The fourth-order valence-corrected chi connectivity index (χ4v) is 6.99. The molecule has 0 radical (unpaired) electrons. The van der Waals surface area contributed by atoms with Gasteiger partial charge in [-0.15, -0.1) is 0 Å². The molecule has 1 N–H and O–H groups in total. The summed E-state index contributed by atoms with van der Waals surface area (Å²) < 4.78 is 34.6. The predicted octanol–water partition coefficient (Wildman–Crippen LogP) is 5.72. The first-order valence-electron chi connectivity index (χ1n) is 14.2. The molecule has 1 atom stereocenters. The zero-order chi connectivity index (χ0) is 30.3. The van der Waals surface area contributed by atoms with Gasteiger partial charge in [0.25, 0.3) is 10.0 Å². The number of methoxy groups -OCH3 is 1. The number of aryl methyl sites for hydroxylation is 1. The van der Waals surface area contributed by atoms with Crippen molar-refractivity contribution < 1.29 is 22.7 Å². The molecule has 1 aliphatic rings. The maximum absolute atomic E-state index is 14.3. The van der Waals surface area contributed by atoms with E-state index in [2.05, 4.69) is 5.32 Å². The van der Waals surface area contributed by atoms with Gasteiger partial charge in [0, 0.05) is 17.6 Å². The Kier molecular flexibility index (Phi) is 10.5. The van der Waals surface area contributed by atoms with Crippen LogP contribution in [0.25, 0.3) is 0 Å². The molecule has 224 valence electrons. The van der Waals surface area contributed by atoms with Gasteiger partial charge in [0.2, 0.25) is 11.8 Å². The van der Waals surface area contributed by atoms with Crippen LogP contribution in [0.5, 0.6) is 5.75 Å². The monoisotopic (exact) mass is 611 g/mol. The summed E-state index contributed by atoms with van der Waals surface area (Å²) in [5.41, 5.74) is 1.98. The molecule has 3 aromatic carbocycles. The Hall–Kier alpha value is -3.56. The third-order valence-electron chi connectivity index (χ3n) is 7.54. The van der Waals surface area contributed by atoms with Gasteiger partial charge in [-0.05, 0) is 62.1 Å². The minimum Gasteiger partial charge on any atom is -0.495 e. The molecule has 2 amide bonds. The Bertz CT molecular complexity index is 1490. The smallest absolute Gasteiger partial charge is 0.264 e. The van der Waals surface area contributed by atoms with Crippen LogP contribution in [0.4, 0.5) is 5.69 Å². The summed E-state index contributed by atoms with van der Waals surface area (Å²) in [6.07, 6.45) is 4.29. The van der Waals surface area contributed by atoms with Crippen molar-refractivity contribution in [2.75, 3.05) is 18.0 Å². The summed E-state index contributed by atoms with van der Waals surface area (Å²) in [4.78, 5) is 29.4. The van der Waals surface area contributed by atoms with Crippen LogP contribution in [0.15, 0.2) is 77.7 Å². The lowest BCUT2D eigenvalue weighted by Gasteiger charge is -2.34. The molecule has 1 saturated carbocycles. The van der Waals surface area contributed by atoms with Crippen LogP contribution in [0.3, 0.4) is 0 Å². The Labute approximate surface area is 253 Å². The van der Waals surface area contributed by atoms with E-state index in [1.54, 1.807) is 30.3 Å². The largest absolute Gasteiger partial charge is 0.495 e. The number of benzene rings is 3. The molecule has 10 heteroatoms. The highest BCUT2D eigenvalue weighted by atomic mass is 35.5. The first kappa shape index (κ1) is 31.4. The second-order valence-electron chi connectivity index (χ2n) is 10.6. The Morgan fingerprint density at radius 2 is 1.74 bits per heavy atom. The molecule has 0 aliphatic heterocycles. The summed E-state index contributed by atoms with van der Waals surface area (Å²) >= 11 is 6.31. The van der Waals surface area contributed by atoms with Crippen molar-refractivity contribution in [3.63, 3.8) is 0 Å². The number of ether oxygens (including phenoxy) is 1. The van der Waals surface area contributed by atoms with E-state index >= 15 is 0 Å². The van der Waals surface area contributed by atoms with Crippen molar-refractivity contribution in [3.8, 4) is 5.75 Å². The van der Waals surface area contributed by atoms with Gasteiger partial charge in [-0.2, -0.15) is 0 Å². The van der Waals surface area contributed by atoms with E-state index in [-0.39, 0.29) is 39.8 Å². The van der Waals surface area contributed by atoms with Gasteiger partial charge in [-0.3, -0.25) is 13.9 Å². The molecule has 1 aliphatic carbocycles. The molecular formula is C32H38ClN3O5S. The number of carbonyl (C=O) groups is 2. The number of anilines is 1. The van der Waals surface area contributed by atoms with Gasteiger partial charge in [0.1, 0.15) is 18.3 Å². The number of hydrogen-bond donors (Lipinski definition) is 1. The summed E-state index contributed by atoms with van der Waals surface area (Å²) in [6, 6.07) is 19.5. The van der Waals surface area contributed by atoms with Crippen LogP contribution in [-0.2, 0) is 26.2 Å². The van der Waals surface area contributed by atoms with E-state index in [4.69, 9.17) is 16.3 Å². The zero-order valence-electron chi connectivity index (χ0n) is 24.3. The van der Waals surface area contributed by atoms with E-state index in [1.807, 2.05) is 38.1 Å². The molecule has 0 bridgehead atoms. The number of nitrogens with one attached hydrogen (secondary N) is 1. The topological polar surface area (TPSA) is 96.0 Å². The highest BCUT2D eigenvalue weighted by Gasteiger charge is 2.35. The number of sulfonamides is 1. The molecule has 1 unspecified atom stereocenters. The molecule has 4 rings (SSSR count). The van der Waals surface area contributed by atoms with Gasteiger partial charge in [0.15, 0.2) is 0 Å². The molecule has 3 aromatic rings. The van der Waals surface area contributed by atoms with Gasteiger partial charge >= 0.3 is 0 Å². The van der Waals surface area contributed by atoms with Crippen molar-refractivity contribution in [1.29, 1.82) is 0 Å². The minimum atomic E-state index is -4.24. The highest BCUT2D eigenvalue weighted by Crippen LogP contribution is 2.35. The molecule has 8 nitrogen and oxygen atoms in total. The Balaban J connectivity index is 1.76. The normalized spacial score (nSPS) is 14.3. The van der Waals surface area contributed by atoms with Gasteiger partial charge in [-0.1, -0.05) is 79.4 Å². The summed E-state index contributed by atoms with van der Waals surface area (Å²) in [6.45, 7) is 3.39. The first-order valence-corrected chi connectivity index (χ1v) is 16.0. The SMILES string of the molecule is CCC(C(=O)NC1CCCC1)N(Cc1cccc(C)c1)C(=O)CN(c1cc(Cl)ccc1OC)S(=O)(=O)c1ccccc1. The summed E-state index contributed by atoms with van der Waals surface area (Å²) in [5, 5.41) is 3.41. The molecular weight excluding hydrogens is 574 g/mol. The lowest BCUT2D eigenvalue weighted by molar-refractivity contribution is -0.140. The number of amides is 2. The van der Waals surface area contributed by atoms with Gasteiger partial charge < -0.3 is 15.0 Å². The Morgan fingerprint density at radius 1 is 1.02 bits per heavy atom. The van der Waals surface area contributed by atoms with Crippen molar-refractivity contribution >= 4 is 39.1 Å². The van der Waals surface area contributed by atoms with Crippen molar-refractivity contribution in [2.24, 2.45) is 0 Å². The average molecular weight is 612 g/mol. The van der Waals surface area contributed by atoms with Crippen LogP contribution in [0.1, 0.15) is 50.2 Å². The Morgan fingerprint density at radius 3 is 2.38 bits per heavy atom. The third-order valence-corrected chi connectivity index (χ3v) is 9.55. The highest BCUT2D eigenvalue weighted by molar-refractivity contribution is 7.92. The fraction of sp³-hybridized carbons (Fsp3) is 0.375. The molecule has 0 aromatic heterocycles. The first-order chi connectivity index (χ1) is 20.1. The fourth-order valence-electron chi connectivity index (χ4n) is 5.39. The zero-order valence-corrected chi connectivity index (χ0v) is 25.8. The van der Waals surface area contributed by atoms with Gasteiger partial charge in [-0.25, -0.2) is 8.42 Å². The van der Waals surface area contributed by atoms with E-state index in [9.17, 15) is 18.0 Å². The quantitative estimate of drug-likeness (QED) is 0.283. The van der Waals surface area contributed by atoms with Crippen LogP contribution in [0.2, 0.25) is 5.02 Å². The summed E-state index contributed by atoms with van der Waals surface area (Å²) in [5.74, 6) is -0.516. The van der Waals surface area contributed by atoms with Crippen molar-refractivity contribution in [2.45, 2.75) is 69.5 Å². The van der Waals surface area contributed by atoms with Crippen LogP contribution in [0, 0.1) is 6.92 Å². The number of rotatable bonds is 12. The van der Waals surface area contributed by atoms with Gasteiger partial charge in [0.05, 0.1) is 17.7 Å². The number of nitrogens with zero attached hydrogens (tertiary/aromatic N) is 2. The maximum Gasteiger partial charge on any atom is 0.264 e. The predicted molar refractivity (Wildman–Crippen MR) is 165 cm³/mol. The lowest BCUT2D eigenvalue weighted by Crippen LogP contribution is -2.53. The second kappa shape index (κ2) is 14.1. The number of halogens is 1. The van der Waals surface area contributed by atoms with Crippen LogP contribution in [-0.4, -0.2) is 50.9 Å². The summed E-state index contributed by atoms with van der Waals surface area (Å²) in [7, 11) is -2.81. The van der Waals surface area contributed by atoms with E-state index < -0.39 is 28.5 Å². The molecule has 1 fully saturated rings. The van der Waals surface area contributed by atoms with E-state index in [0.29, 0.717) is 6.42 Å². The minimum absolute atomic E-state index is 0.0103.